The normalized spacial score (nSPS) is 8.67. The van der Waals surface area contributed by atoms with E-state index in [9.17, 15) is 4.79 Å². The summed E-state index contributed by atoms with van der Waals surface area (Å²) in [5.41, 5.74) is 0. The molecule has 0 fully saturated rings. The molecule has 0 unspecified atom stereocenters. The van der Waals surface area contributed by atoms with Gasteiger partial charge in [0.2, 0.25) is 0 Å². The minimum Gasteiger partial charge on any atom is -0.355 e. The van der Waals surface area contributed by atoms with Crippen LogP contribution < -0.4 is 5.32 Å². The quantitative estimate of drug-likeness (QED) is 0.600. The first-order valence-electron chi connectivity index (χ1n) is 2.76. The van der Waals surface area contributed by atoms with Crippen molar-refractivity contribution in [2.24, 2.45) is 0 Å². The molecule has 0 saturated carbocycles. The number of nitrogens with one attached hydrogen (secondary N) is 1. The first-order valence-corrected chi connectivity index (χ1v) is 3.74. The Morgan fingerprint density at radius 3 is 2.67 bits per heavy atom. The Labute approximate surface area is 59.7 Å². The Morgan fingerprint density at radius 1 is 1.78 bits per heavy atom. The molecule has 0 aliphatic heterocycles. The highest BCUT2D eigenvalue weighted by molar-refractivity contribution is 8.03. The van der Waals surface area contributed by atoms with Gasteiger partial charge in [0.1, 0.15) is 0 Å². The number of hydrogen-bond donors (Lipinski definition) is 1. The van der Waals surface area contributed by atoms with Crippen LogP contribution in [0.1, 0.15) is 6.92 Å². The maximum Gasteiger partial charge on any atom is 0.256 e. The molecule has 2 nitrogen and oxygen atoms in total. The molecular weight excluding hydrogens is 134 g/mol. The van der Waals surface area contributed by atoms with Crippen molar-refractivity contribution in [3.05, 3.63) is 11.5 Å². The second-order valence-electron chi connectivity index (χ2n) is 1.44. The van der Waals surface area contributed by atoms with Crippen molar-refractivity contribution in [2.75, 3.05) is 12.8 Å². The summed E-state index contributed by atoms with van der Waals surface area (Å²) in [6.45, 7) is 5.55. The van der Waals surface area contributed by atoms with Crippen molar-refractivity contribution in [1.29, 1.82) is 0 Å². The summed E-state index contributed by atoms with van der Waals surface area (Å²) in [4.78, 5) is 11.3. The molecule has 0 aliphatic rings. The van der Waals surface area contributed by atoms with E-state index >= 15 is 0 Å². The molecule has 9 heavy (non-hydrogen) atoms. The molecule has 0 bridgehead atoms. The third-order valence-electron chi connectivity index (χ3n) is 0.799. The summed E-state index contributed by atoms with van der Waals surface area (Å²) >= 11 is 1.46. The molecule has 0 aromatic rings. The van der Waals surface area contributed by atoms with Crippen LogP contribution in [-0.2, 0) is 4.79 Å². The van der Waals surface area contributed by atoms with Crippen molar-refractivity contribution in [2.45, 2.75) is 6.92 Å². The van der Waals surface area contributed by atoms with Crippen molar-refractivity contribution < 1.29 is 4.79 Å². The van der Waals surface area contributed by atoms with E-state index in [0.29, 0.717) is 4.91 Å². The van der Waals surface area contributed by atoms with Crippen LogP contribution in [0.15, 0.2) is 11.5 Å². The van der Waals surface area contributed by atoms with E-state index in [4.69, 9.17) is 0 Å². The van der Waals surface area contributed by atoms with Crippen LogP contribution in [0.5, 0.6) is 0 Å². The average Bonchev–Trinajstić information content (AvgIpc) is 1.87. The number of amides is 1. The molecule has 1 amide bonds. The van der Waals surface area contributed by atoms with E-state index in [-0.39, 0.29) is 5.91 Å². The van der Waals surface area contributed by atoms with Gasteiger partial charge in [0.15, 0.2) is 0 Å². The van der Waals surface area contributed by atoms with E-state index in [1.165, 1.54) is 11.8 Å². The largest absolute Gasteiger partial charge is 0.355 e. The van der Waals surface area contributed by atoms with Crippen LogP contribution in [0.3, 0.4) is 0 Å². The van der Waals surface area contributed by atoms with Crippen LogP contribution in [0, 0.1) is 0 Å². The Kier molecular flexibility index (Phi) is 4.22. The van der Waals surface area contributed by atoms with Crippen molar-refractivity contribution in [1.82, 2.24) is 5.32 Å². The Balaban J connectivity index is 3.60. The van der Waals surface area contributed by atoms with Crippen LogP contribution in [0.25, 0.3) is 0 Å². The predicted octanol–water partition coefficient (Wildman–Crippen LogP) is 0.999. The van der Waals surface area contributed by atoms with Gasteiger partial charge in [-0.25, -0.2) is 0 Å². The van der Waals surface area contributed by atoms with Gasteiger partial charge in [0.25, 0.3) is 5.91 Å². The summed E-state index contributed by atoms with van der Waals surface area (Å²) in [5.74, 6) is 0.813. The van der Waals surface area contributed by atoms with Gasteiger partial charge >= 0.3 is 0 Å². The number of carbonyl (C=O) groups is 1. The minimum absolute atomic E-state index is 0.0816. The molecule has 0 aromatic carbocycles. The van der Waals surface area contributed by atoms with Gasteiger partial charge in [-0.15, -0.1) is 11.8 Å². The van der Waals surface area contributed by atoms with Crippen LogP contribution >= 0.6 is 11.8 Å². The zero-order valence-corrected chi connectivity index (χ0v) is 6.55. The fourth-order valence-corrected chi connectivity index (χ4v) is 0.961. The molecule has 52 valence electrons. The lowest BCUT2D eigenvalue weighted by atomic mass is 10.6. The summed E-state index contributed by atoms with van der Waals surface area (Å²) in [5, 5.41) is 2.49. The average molecular weight is 145 g/mol. The number of thioether (sulfide) groups is 1. The van der Waals surface area contributed by atoms with E-state index in [0.717, 1.165) is 5.75 Å². The van der Waals surface area contributed by atoms with Crippen LogP contribution in [0.2, 0.25) is 0 Å². The first-order chi connectivity index (χ1) is 4.22. The second kappa shape index (κ2) is 4.44. The number of hydrogen-bond acceptors (Lipinski definition) is 2. The first kappa shape index (κ1) is 8.56. The number of carbonyl (C=O) groups excluding carboxylic acids is 1. The highest BCUT2D eigenvalue weighted by atomic mass is 32.2. The molecule has 0 aliphatic carbocycles. The third kappa shape index (κ3) is 3.19. The predicted molar refractivity (Wildman–Crippen MR) is 41.3 cm³/mol. The Hall–Kier alpha value is -0.440. The summed E-state index contributed by atoms with van der Waals surface area (Å²) < 4.78 is 0. The molecule has 3 heteroatoms. The SMILES string of the molecule is C=C(SCC)C(=O)NC. The van der Waals surface area contributed by atoms with E-state index < -0.39 is 0 Å². The second-order valence-corrected chi connectivity index (χ2v) is 2.79. The molecule has 0 spiro atoms. The van der Waals surface area contributed by atoms with Crippen molar-refractivity contribution in [3.63, 3.8) is 0 Å². The molecular formula is C6H11NOS. The highest BCUT2D eigenvalue weighted by Crippen LogP contribution is 2.11. The lowest BCUT2D eigenvalue weighted by Crippen LogP contribution is -2.17. The molecule has 0 saturated heterocycles. The lowest BCUT2D eigenvalue weighted by molar-refractivity contribution is -0.116. The highest BCUT2D eigenvalue weighted by Gasteiger charge is 2.01. The maximum atomic E-state index is 10.7. The minimum atomic E-state index is -0.0816. The topological polar surface area (TPSA) is 29.1 Å². The van der Waals surface area contributed by atoms with Gasteiger partial charge in [-0.1, -0.05) is 13.5 Å². The van der Waals surface area contributed by atoms with Gasteiger partial charge in [-0.05, 0) is 5.75 Å². The zero-order valence-electron chi connectivity index (χ0n) is 5.73. The van der Waals surface area contributed by atoms with Crippen molar-refractivity contribution in [3.8, 4) is 0 Å². The Bertz CT molecular complexity index is 122. The fourth-order valence-electron chi connectivity index (χ4n) is 0.379. The number of likely N-dealkylation sites (N-methyl/N-ethyl adjacent to an activating group) is 1. The molecule has 0 aromatic heterocycles. The summed E-state index contributed by atoms with van der Waals surface area (Å²) in [7, 11) is 1.60. The smallest absolute Gasteiger partial charge is 0.256 e. The molecule has 0 rings (SSSR count). The number of rotatable bonds is 3. The van der Waals surface area contributed by atoms with E-state index in [1.54, 1.807) is 7.05 Å². The lowest BCUT2D eigenvalue weighted by Gasteiger charge is -1.98. The van der Waals surface area contributed by atoms with Crippen LogP contribution in [-0.4, -0.2) is 18.7 Å². The summed E-state index contributed by atoms with van der Waals surface area (Å²) in [6, 6.07) is 0. The zero-order chi connectivity index (χ0) is 7.28. The third-order valence-corrected chi connectivity index (χ3v) is 1.62. The molecule has 1 N–H and O–H groups in total. The fraction of sp³-hybridized carbons (Fsp3) is 0.500. The van der Waals surface area contributed by atoms with E-state index in [2.05, 4.69) is 11.9 Å². The standard InChI is InChI=1S/C6H11NOS/c1-4-9-5(2)6(8)7-3/h2,4H2,1,3H3,(H,7,8). The van der Waals surface area contributed by atoms with E-state index in [1.807, 2.05) is 6.92 Å². The van der Waals surface area contributed by atoms with Crippen molar-refractivity contribution >= 4 is 17.7 Å². The van der Waals surface area contributed by atoms with Gasteiger partial charge in [-0.2, -0.15) is 0 Å². The molecule has 0 heterocycles. The monoisotopic (exact) mass is 145 g/mol. The van der Waals surface area contributed by atoms with Gasteiger partial charge in [0, 0.05) is 7.05 Å². The molecule has 0 radical (unpaired) electrons. The molecule has 0 atom stereocenters. The van der Waals surface area contributed by atoms with Crippen LogP contribution in [0.4, 0.5) is 0 Å². The Morgan fingerprint density at radius 2 is 2.33 bits per heavy atom. The maximum absolute atomic E-state index is 10.7. The van der Waals surface area contributed by atoms with Gasteiger partial charge in [-0.3, -0.25) is 4.79 Å². The summed E-state index contributed by atoms with van der Waals surface area (Å²) in [6.07, 6.45) is 0. The van der Waals surface area contributed by atoms with Gasteiger partial charge in [0.05, 0.1) is 4.91 Å². The van der Waals surface area contributed by atoms with Gasteiger partial charge < -0.3 is 5.32 Å².